The van der Waals surface area contributed by atoms with Crippen LogP contribution in [0.4, 0.5) is 21.9 Å². The molecule has 190 valence electrons. The quantitative estimate of drug-likeness (QED) is 0.459. The summed E-state index contributed by atoms with van der Waals surface area (Å²) < 4.78 is 0. The lowest BCUT2D eigenvalue weighted by Gasteiger charge is -2.33. The van der Waals surface area contributed by atoms with E-state index in [9.17, 15) is 9.59 Å². The number of urea groups is 1. The number of piperidine rings is 1. The van der Waals surface area contributed by atoms with Gasteiger partial charge in [-0.2, -0.15) is 0 Å². The van der Waals surface area contributed by atoms with Crippen molar-refractivity contribution in [1.29, 1.82) is 0 Å². The molecule has 0 aromatic heterocycles. The van der Waals surface area contributed by atoms with Gasteiger partial charge >= 0.3 is 6.03 Å². The maximum absolute atomic E-state index is 13.3. The molecule has 3 amide bonds. The van der Waals surface area contributed by atoms with Gasteiger partial charge in [-0.1, -0.05) is 39.0 Å². The molecule has 0 atom stereocenters. The number of para-hydroxylation sites is 1. The Balaban J connectivity index is 1.77. The molecule has 2 aromatic rings. The van der Waals surface area contributed by atoms with E-state index in [2.05, 4.69) is 46.5 Å². The van der Waals surface area contributed by atoms with E-state index < -0.39 is 0 Å². The van der Waals surface area contributed by atoms with Crippen LogP contribution in [0.15, 0.2) is 36.4 Å². The Morgan fingerprint density at radius 2 is 1.66 bits per heavy atom. The third-order valence-corrected chi connectivity index (χ3v) is 6.95. The average molecular weight is 480 g/mol. The summed E-state index contributed by atoms with van der Waals surface area (Å²) in [7, 11) is 0. The average Bonchev–Trinajstić information content (AvgIpc) is 2.84. The van der Waals surface area contributed by atoms with Crippen molar-refractivity contribution in [3.63, 3.8) is 0 Å². The number of carbonyl (C=O) groups excluding carboxylic acids is 2. The molecule has 1 aliphatic heterocycles. The van der Waals surface area contributed by atoms with Crippen molar-refractivity contribution in [2.45, 2.75) is 47.5 Å². The maximum atomic E-state index is 13.3. The van der Waals surface area contributed by atoms with Gasteiger partial charge in [-0.05, 0) is 75.0 Å². The maximum Gasteiger partial charge on any atom is 0.323 e. The SMILES string of the molecule is CCN(CC)CCNC(=O)c1cc(NC(=O)Nc2c(C)cccc2C)ccc1N1CCC(C)CC1. The predicted molar refractivity (Wildman–Crippen MR) is 146 cm³/mol. The highest BCUT2D eigenvalue weighted by Crippen LogP contribution is 2.29. The van der Waals surface area contributed by atoms with Crippen molar-refractivity contribution in [2.24, 2.45) is 5.92 Å². The van der Waals surface area contributed by atoms with Gasteiger partial charge in [0.05, 0.1) is 5.56 Å². The molecule has 1 saturated heterocycles. The summed E-state index contributed by atoms with van der Waals surface area (Å²) in [6.45, 7) is 15.6. The van der Waals surface area contributed by atoms with Gasteiger partial charge in [0.25, 0.3) is 5.91 Å². The largest absolute Gasteiger partial charge is 0.371 e. The molecular formula is C28H41N5O2. The first-order valence-electron chi connectivity index (χ1n) is 12.9. The number of benzene rings is 2. The number of carbonyl (C=O) groups is 2. The number of nitrogens with zero attached hydrogens (tertiary/aromatic N) is 2. The molecule has 1 aliphatic rings. The molecule has 2 aromatic carbocycles. The van der Waals surface area contributed by atoms with Crippen molar-refractivity contribution in [2.75, 3.05) is 54.8 Å². The first-order chi connectivity index (χ1) is 16.8. The number of hydrogen-bond donors (Lipinski definition) is 3. The van der Waals surface area contributed by atoms with Gasteiger partial charge in [0.15, 0.2) is 0 Å². The zero-order valence-corrected chi connectivity index (χ0v) is 21.9. The third kappa shape index (κ3) is 7.21. The van der Waals surface area contributed by atoms with Crippen LogP contribution in [-0.2, 0) is 0 Å². The molecule has 35 heavy (non-hydrogen) atoms. The number of likely N-dealkylation sites (N-methyl/N-ethyl adjacent to an activating group) is 1. The topological polar surface area (TPSA) is 76.7 Å². The van der Waals surface area contributed by atoms with Crippen LogP contribution in [0.2, 0.25) is 0 Å². The standard InChI is InChI=1S/C28H41N5O2/c1-6-32(7-2)18-15-29-27(34)24-19-23(11-12-25(24)33-16-13-20(3)14-17-33)30-28(35)31-26-21(4)9-8-10-22(26)5/h8-12,19-20H,6-7,13-18H2,1-5H3,(H,29,34)(H2,30,31,35). The van der Waals surface area contributed by atoms with Gasteiger partial charge in [0.1, 0.15) is 0 Å². The minimum atomic E-state index is -0.324. The van der Waals surface area contributed by atoms with Crippen LogP contribution < -0.4 is 20.9 Å². The zero-order chi connectivity index (χ0) is 25.4. The van der Waals surface area contributed by atoms with Gasteiger partial charge in [-0.25, -0.2) is 4.79 Å². The fourth-order valence-corrected chi connectivity index (χ4v) is 4.57. The molecule has 0 unspecified atom stereocenters. The molecule has 3 rings (SSSR count). The van der Waals surface area contributed by atoms with Crippen molar-refractivity contribution in [1.82, 2.24) is 10.2 Å². The summed E-state index contributed by atoms with van der Waals surface area (Å²) in [4.78, 5) is 30.6. The second-order valence-corrected chi connectivity index (χ2v) is 9.53. The number of nitrogens with one attached hydrogen (secondary N) is 3. The lowest BCUT2D eigenvalue weighted by molar-refractivity contribution is 0.0949. The Morgan fingerprint density at radius 1 is 1.00 bits per heavy atom. The molecule has 1 fully saturated rings. The van der Waals surface area contributed by atoms with Crippen molar-refractivity contribution in [3.05, 3.63) is 53.1 Å². The van der Waals surface area contributed by atoms with Crippen LogP contribution in [-0.4, -0.2) is 56.1 Å². The second-order valence-electron chi connectivity index (χ2n) is 9.53. The molecule has 0 radical (unpaired) electrons. The van der Waals surface area contributed by atoms with Crippen LogP contribution in [0.5, 0.6) is 0 Å². The van der Waals surface area contributed by atoms with E-state index in [-0.39, 0.29) is 11.9 Å². The van der Waals surface area contributed by atoms with Crippen LogP contribution >= 0.6 is 0 Å². The molecule has 0 bridgehead atoms. The molecule has 7 heteroatoms. The Hall–Kier alpha value is -3.06. The van der Waals surface area contributed by atoms with E-state index in [1.54, 1.807) is 6.07 Å². The van der Waals surface area contributed by atoms with E-state index in [1.165, 1.54) is 0 Å². The highest BCUT2D eigenvalue weighted by Gasteiger charge is 2.22. The van der Waals surface area contributed by atoms with E-state index in [1.807, 2.05) is 44.2 Å². The summed E-state index contributed by atoms with van der Waals surface area (Å²) in [5, 5.41) is 8.95. The molecule has 0 saturated carbocycles. The first kappa shape index (κ1) is 26.5. The fourth-order valence-electron chi connectivity index (χ4n) is 4.57. The van der Waals surface area contributed by atoms with E-state index in [0.717, 1.165) is 68.1 Å². The summed E-state index contributed by atoms with van der Waals surface area (Å²) in [6, 6.07) is 11.2. The predicted octanol–water partition coefficient (Wildman–Crippen LogP) is 5.26. The zero-order valence-electron chi connectivity index (χ0n) is 21.9. The lowest BCUT2D eigenvalue weighted by Crippen LogP contribution is -2.37. The molecule has 7 nitrogen and oxygen atoms in total. The highest BCUT2D eigenvalue weighted by atomic mass is 16.2. The van der Waals surface area contributed by atoms with Crippen LogP contribution in [0.1, 0.15) is 55.1 Å². The van der Waals surface area contributed by atoms with Gasteiger partial charge in [-0.3, -0.25) is 4.79 Å². The molecular weight excluding hydrogens is 438 g/mol. The van der Waals surface area contributed by atoms with Crippen LogP contribution in [0, 0.1) is 19.8 Å². The Bertz CT molecular complexity index is 990. The molecule has 1 heterocycles. The van der Waals surface area contributed by atoms with Gasteiger partial charge in [0, 0.05) is 43.2 Å². The first-order valence-corrected chi connectivity index (χ1v) is 12.9. The van der Waals surface area contributed by atoms with Crippen molar-refractivity contribution in [3.8, 4) is 0 Å². The Labute approximate surface area is 210 Å². The fraction of sp³-hybridized carbons (Fsp3) is 0.500. The monoisotopic (exact) mass is 479 g/mol. The van der Waals surface area contributed by atoms with E-state index in [0.29, 0.717) is 23.7 Å². The van der Waals surface area contributed by atoms with Crippen molar-refractivity contribution >= 4 is 29.0 Å². The van der Waals surface area contributed by atoms with Gasteiger partial charge < -0.3 is 25.8 Å². The smallest absolute Gasteiger partial charge is 0.323 e. The van der Waals surface area contributed by atoms with Gasteiger partial charge in [-0.15, -0.1) is 0 Å². The summed E-state index contributed by atoms with van der Waals surface area (Å²) >= 11 is 0. The Morgan fingerprint density at radius 3 is 2.29 bits per heavy atom. The van der Waals surface area contributed by atoms with Gasteiger partial charge in [0.2, 0.25) is 0 Å². The molecule has 0 spiro atoms. The minimum Gasteiger partial charge on any atom is -0.371 e. The number of amides is 3. The van der Waals surface area contributed by atoms with E-state index >= 15 is 0 Å². The van der Waals surface area contributed by atoms with Crippen LogP contribution in [0.25, 0.3) is 0 Å². The number of rotatable bonds is 9. The summed E-state index contributed by atoms with van der Waals surface area (Å²) in [5.74, 6) is 0.594. The molecule has 3 N–H and O–H groups in total. The van der Waals surface area contributed by atoms with Crippen LogP contribution in [0.3, 0.4) is 0 Å². The molecule has 0 aliphatic carbocycles. The number of hydrogen-bond acceptors (Lipinski definition) is 4. The van der Waals surface area contributed by atoms with Crippen molar-refractivity contribution < 1.29 is 9.59 Å². The number of aryl methyl sites for hydroxylation is 2. The minimum absolute atomic E-state index is 0.107. The summed E-state index contributed by atoms with van der Waals surface area (Å²) in [5.41, 5.74) is 4.93. The van der Waals surface area contributed by atoms with E-state index in [4.69, 9.17) is 0 Å². The lowest BCUT2D eigenvalue weighted by atomic mass is 9.98. The summed E-state index contributed by atoms with van der Waals surface area (Å²) in [6.07, 6.45) is 2.22. The highest BCUT2D eigenvalue weighted by molar-refractivity contribution is 6.04. The second kappa shape index (κ2) is 12.6. The number of anilines is 3. The normalized spacial score (nSPS) is 14.2. The third-order valence-electron chi connectivity index (χ3n) is 6.95. The Kier molecular flexibility index (Phi) is 9.55.